The predicted molar refractivity (Wildman–Crippen MR) is 76.2 cm³/mol. The first kappa shape index (κ1) is 14.7. The summed E-state index contributed by atoms with van der Waals surface area (Å²) in [6.07, 6.45) is 2.64. The molecule has 1 amide bonds. The lowest BCUT2D eigenvalue weighted by atomic mass is 10.1. The van der Waals surface area contributed by atoms with Crippen LogP contribution in [0.5, 0.6) is 0 Å². The van der Waals surface area contributed by atoms with Gasteiger partial charge in [0.2, 0.25) is 0 Å². The summed E-state index contributed by atoms with van der Waals surface area (Å²) in [5, 5.41) is 8.24. The molecule has 2 aromatic heterocycles. The van der Waals surface area contributed by atoms with E-state index in [2.05, 4.69) is 15.2 Å². The lowest BCUT2D eigenvalue weighted by Gasteiger charge is -2.14. The Hall–Kier alpha value is -2.22. The highest BCUT2D eigenvalue weighted by molar-refractivity contribution is 5.92. The Kier molecular flexibility index (Phi) is 4.19. The highest BCUT2D eigenvalue weighted by atomic mass is 16.5. The standard InChI is InChI=1S/C14H19N5O3/c1-3-19-7-5-11(16-19)14(20)18-6-4-10(8-18)13-15-12(9-21-2)22-17-13/h5,7,10H,3-4,6,8-9H2,1-2H3. The van der Waals surface area contributed by atoms with Crippen molar-refractivity contribution in [3.05, 3.63) is 29.7 Å². The maximum absolute atomic E-state index is 12.4. The van der Waals surface area contributed by atoms with E-state index in [-0.39, 0.29) is 11.8 Å². The number of methoxy groups -OCH3 is 1. The van der Waals surface area contributed by atoms with Crippen molar-refractivity contribution in [3.63, 3.8) is 0 Å². The van der Waals surface area contributed by atoms with Gasteiger partial charge < -0.3 is 14.2 Å². The van der Waals surface area contributed by atoms with E-state index in [1.54, 1.807) is 22.8 Å². The zero-order valence-electron chi connectivity index (χ0n) is 12.7. The van der Waals surface area contributed by atoms with Gasteiger partial charge in [-0.2, -0.15) is 10.1 Å². The van der Waals surface area contributed by atoms with Gasteiger partial charge >= 0.3 is 0 Å². The molecule has 1 saturated heterocycles. The largest absolute Gasteiger partial charge is 0.375 e. The van der Waals surface area contributed by atoms with E-state index in [0.717, 1.165) is 13.0 Å². The lowest BCUT2D eigenvalue weighted by Crippen LogP contribution is -2.29. The minimum Gasteiger partial charge on any atom is -0.375 e. The van der Waals surface area contributed by atoms with E-state index in [1.807, 2.05) is 13.1 Å². The van der Waals surface area contributed by atoms with E-state index in [1.165, 1.54) is 0 Å². The normalized spacial score (nSPS) is 18.1. The number of nitrogens with zero attached hydrogens (tertiary/aromatic N) is 5. The Bertz CT molecular complexity index is 650. The number of hydrogen-bond donors (Lipinski definition) is 0. The van der Waals surface area contributed by atoms with Crippen molar-refractivity contribution in [2.24, 2.45) is 0 Å². The lowest BCUT2D eigenvalue weighted by molar-refractivity contribution is 0.0783. The molecular formula is C14H19N5O3. The molecule has 0 N–H and O–H groups in total. The zero-order valence-corrected chi connectivity index (χ0v) is 12.7. The molecule has 1 aliphatic heterocycles. The molecule has 1 fully saturated rings. The predicted octanol–water partition coefficient (Wildman–Crippen LogP) is 1.06. The van der Waals surface area contributed by atoms with Crippen molar-refractivity contribution >= 4 is 5.91 Å². The van der Waals surface area contributed by atoms with E-state index in [4.69, 9.17) is 9.26 Å². The maximum atomic E-state index is 12.4. The van der Waals surface area contributed by atoms with Gasteiger partial charge in [0.1, 0.15) is 12.3 Å². The van der Waals surface area contributed by atoms with Crippen LogP contribution in [0.3, 0.4) is 0 Å². The molecule has 3 heterocycles. The third-order valence-corrected chi connectivity index (χ3v) is 3.78. The molecule has 8 nitrogen and oxygen atoms in total. The minimum absolute atomic E-state index is 0.0460. The molecule has 0 saturated carbocycles. The van der Waals surface area contributed by atoms with E-state index in [9.17, 15) is 4.79 Å². The SMILES string of the molecule is CCn1ccc(C(=O)N2CCC(c3noc(COC)n3)C2)n1. The first-order chi connectivity index (χ1) is 10.7. The molecule has 0 bridgehead atoms. The highest BCUT2D eigenvalue weighted by Gasteiger charge is 2.31. The summed E-state index contributed by atoms with van der Waals surface area (Å²) in [5.41, 5.74) is 0.482. The van der Waals surface area contributed by atoms with Crippen molar-refractivity contribution in [1.29, 1.82) is 0 Å². The monoisotopic (exact) mass is 305 g/mol. The third-order valence-electron chi connectivity index (χ3n) is 3.78. The maximum Gasteiger partial charge on any atom is 0.274 e. The summed E-state index contributed by atoms with van der Waals surface area (Å²) in [5.74, 6) is 1.16. The number of hydrogen-bond acceptors (Lipinski definition) is 6. The Morgan fingerprint density at radius 3 is 3.14 bits per heavy atom. The number of likely N-dealkylation sites (tertiary alicyclic amines) is 1. The molecule has 1 unspecified atom stereocenters. The molecule has 0 aromatic carbocycles. The Labute approximate surface area is 128 Å². The first-order valence-corrected chi connectivity index (χ1v) is 7.35. The molecule has 118 valence electrons. The van der Waals surface area contributed by atoms with Gasteiger partial charge in [-0.25, -0.2) is 0 Å². The fourth-order valence-electron chi connectivity index (χ4n) is 2.59. The van der Waals surface area contributed by atoms with E-state index in [0.29, 0.717) is 37.1 Å². The van der Waals surface area contributed by atoms with Crippen LogP contribution in [0.25, 0.3) is 0 Å². The summed E-state index contributed by atoms with van der Waals surface area (Å²) < 4.78 is 11.8. The molecule has 0 spiro atoms. The molecule has 0 aliphatic carbocycles. The molecule has 1 aliphatic rings. The van der Waals surface area contributed by atoms with Crippen LogP contribution in [0.2, 0.25) is 0 Å². The molecular weight excluding hydrogens is 286 g/mol. The van der Waals surface area contributed by atoms with Gasteiger partial charge in [0.05, 0.1) is 0 Å². The number of carbonyl (C=O) groups is 1. The second-order valence-electron chi connectivity index (χ2n) is 5.27. The van der Waals surface area contributed by atoms with Gasteiger partial charge in [0.15, 0.2) is 5.82 Å². The smallest absolute Gasteiger partial charge is 0.274 e. The Morgan fingerprint density at radius 2 is 2.41 bits per heavy atom. The summed E-state index contributed by atoms with van der Waals surface area (Å²) in [6, 6.07) is 1.75. The fourth-order valence-corrected chi connectivity index (χ4v) is 2.59. The Balaban J connectivity index is 1.64. The van der Waals surface area contributed by atoms with Gasteiger partial charge in [0.25, 0.3) is 11.8 Å². The van der Waals surface area contributed by atoms with Crippen LogP contribution in [-0.4, -0.2) is 50.9 Å². The molecule has 22 heavy (non-hydrogen) atoms. The topological polar surface area (TPSA) is 86.3 Å². The van der Waals surface area contributed by atoms with Crippen molar-refractivity contribution in [3.8, 4) is 0 Å². The average Bonchev–Trinajstić information content (AvgIpc) is 3.26. The van der Waals surface area contributed by atoms with Gasteiger partial charge in [0, 0.05) is 38.9 Å². The summed E-state index contributed by atoms with van der Waals surface area (Å²) in [4.78, 5) is 18.5. The fraction of sp³-hybridized carbons (Fsp3) is 0.571. The molecule has 1 atom stereocenters. The summed E-state index contributed by atoms with van der Waals surface area (Å²) in [6.45, 7) is 4.30. The molecule has 3 rings (SSSR count). The number of amides is 1. The zero-order chi connectivity index (χ0) is 15.5. The highest BCUT2D eigenvalue weighted by Crippen LogP contribution is 2.26. The van der Waals surface area contributed by atoms with E-state index >= 15 is 0 Å². The van der Waals surface area contributed by atoms with Crippen LogP contribution in [0.1, 0.15) is 41.5 Å². The van der Waals surface area contributed by atoms with Crippen LogP contribution in [-0.2, 0) is 17.9 Å². The van der Waals surface area contributed by atoms with Crippen molar-refractivity contribution < 1.29 is 14.1 Å². The number of aromatic nitrogens is 4. The second-order valence-corrected chi connectivity index (χ2v) is 5.27. The summed E-state index contributed by atoms with van der Waals surface area (Å²) >= 11 is 0. The molecule has 2 aromatic rings. The van der Waals surface area contributed by atoms with Gasteiger partial charge in [-0.1, -0.05) is 5.16 Å². The second kappa shape index (κ2) is 6.27. The number of aryl methyl sites for hydroxylation is 1. The quantitative estimate of drug-likeness (QED) is 0.821. The minimum atomic E-state index is -0.0460. The molecule has 8 heteroatoms. The van der Waals surface area contributed by atoms with Crippen molar-refractivity contribution in [2.45, 2.75) is 32.4 Å². The van der Waals surface area contributed by atoms with E-state index < -0.39 is 0 Å². The summed E-state index contributed by atoms with van der Waals surface area (Å²) in [7, 11) is 1.58. The van der Waals surface area contributed by atoms with Crippen LogP contribution >= 0.6 is 0 Å². The van der Waals surface area contributed by atoms with Crippen LogP contribution in [0, 0.1) is 0 Å². The number of carbonyl (C=O) groups excluding carboxylic acids is 1. The van der Waals surface area contributed by atoms with Crippen LogP contribution < -0.4 is 0 Å². The first-order valence-electron chi connectivity index (χ1n) is 7.35. The van der Waals surface area contributed by atoms with Gasteiger partial charge in [-0.05, 0) is 19.4 Å². The number of rotatable bonds is 5. The van der Waals surface area contributed by atoms with Gasteiger partial charge in [-0.15, -0.1) is 0 Å². The van der Waals surface area contributed by atoms with Crippen LogP contribution in [0.15, 0.2) is 16.8 Å². The average molecular weight is 305 g/mol. The van der Waals surface area contributed by atoms with Crippen molar-refractivity contribution in [2.75, 3.05) is 20.2 Å². The van der Waals surface area contributed by atoms with Gasteiger partial charge in [-0.3, -0.25) is 9.48 Å². The third kappa shape index (κ3) is 2.87. The Morgan fingerprint density at radius 1 is 1.55 bits per heavy atom. The molecule has 0 radical (unpaired) electrons. The van der Waals surface area contributed by atoms with Crippen LogP contribution in [0.4, 0.5) is 0 Å². The number of ether oxygens (including phenoxy) is 1. The van der Waals surface area contributed by atoms with Crippen molar-refractivity contribution in [1.82, 2.24) is 24.8 Å².